The zero-order chi connectivity index (χ0) is 18.4. The monoisotopic (exact) mass is 340 g/mol. The molecule has 2 amide bonds. The molecule has 0 radical (unpaired) electrons. The molecule has 6 N–H and O–H groups in total. The molecule has 0 fully saturated rings. The van der Waals surface area contributed by atoms with Crippen LogP contribution < -0.4 is 11.1 Å². The van der Waals surface area contributed by atoms with E-state index in [0.717, 1.165) is 5.56 Å². The first-order valence-corrected chi connectivity index (χ1v) is 6.82. The number of hydrazone groups is 1. The van der Waals surface area contributed by atoms with Crippen LogP contribution in [0.4, 0.5) is 4.79 Å². The lowest BCUT2D eigenvalue weighted by atomic mass is 10.2. The van der Waals surface area contributed by atoms with Gasteiger partial charge >= 0.3 is 18.0 Å². The lowest BCUT2D eigenvalue weighted by Gasteiger charge is -2.14. The molecule has 0 heterocycles. The molecule has 0 aliphatic heterocycles. The van der Waals surface area contributed by atoms with E-state index < -0.39 is 18.0 Å². The molecule has 0 saturated carbocycles. The molecule has 0 atom stereocenters. The summed E-state index contributed by atoms with van der Waals surface area (Å²) in [5, 5.41) is 31.5. The van der Waals surface area contributed by atoms with Gasteiger partial charge < -0.3 is 26.4 Å². The zero-order valence-corrected chi connectivity index (χ0v) is 12.8. The molecule has 10 nitrogen and oxygen atoms in total. The molecule has 0 spiro atoms. The van der Waals surface area contributed by atoms with Crippen LogP contribution in [0.2, 0.25) is 0 Å². The lowest BCUT2D eigenvalue weighted by Crippen LogP contribution is -2.37. The molecule has 1 aromatic carbocycles. The van der Waals surface area contributed by atoms with Gasteiger partial charge in [0.2, 0.25) is 0 Å². The number of rotatable bonds is 7. The molecule has 0 aliphatic carbocycles. The Morgan fingerprint density at radius 3 is 2.17 bits per heavy atom. The highest BCUT2D eigenvalue weighted by Crippen LogP contribution is 1.96. The topological polar surface area (TPSA) is 166 Å². The summed E-state index contributed by atoms with van der Waals surface area (Å²) in [5.41, 5.74) is 6.11. The van der Waals surface area contributed by atoms with E-state index in [1.807, 2.05) is 30.3 Å². The number of aliphatic hydroxyl groups excluding tert-OH is 1. The number of primary amides is 1. The van der Waals surface area contributed by atoms with Crippen LogP contribution in [0.15, 0.2) is 35.4 Å². The molecule has 132 valence electrons. The van der Waals surface area contributed by atoms with Crippen molar-refractivity contribution in [2.75, 3.05) is 26.2 Å². The Morgan fingerprint density at radius 2 is 1.71 bits per heavy atom. The molecule has 1 rings (SSSR count). The molecule has 24 heavy (non-hydrogen) atoms. The van der Waals surface area contributed by atoms with Gasteiger partial charge in [0.05, 0.1) is 19.4 Å². The number of nitrogens with zero attached hydrogens (tertiary/aromatic N) is 2. The third-order valence-corrected chi connectivity index (χ3v) is 2.37. The normalized spacial score (nSPS) is 9.88. The average molecular weight is 340 g/mol. The number of carboxylic acid groups (broad SMARTS) is 2. The van der Waals surface area contributed by atoms with E-state index in [2.05, 4.69) is 10.4 Å². The second kappa shape index (κ2) is 12.6. The van der Waals surface area contributed by atoms with Crippen molar-refractivity contribution in [3.8, 4) is 0 Å². The van der Waals surface area contributed by atoms with Gasteiger partial charge in [-0.15, -0.1) is 0 Å². The van der Waals surface area contributed by atoms with Crippen LogP contribution in [0.3, 0.4) is 0 Å². The largest absolute Gasteiger partial charge is 0.473 e. The maximum absolute atomic E-state index is 11.1. The Morgan fingerprint density at radius 1 is 1.12 bits per heavy atom. The Kier molecular flexibility index (Phi) is 11.0. The summed E-state index contributed by atoms with van der Waals surface area (Å²) in [5.74, 6) is -3.65. The number of carbonyl (C=O) groups is 3. The lowest BCUT2D eigenvalue weighted by molar-refractivity contribution is -0.159. The predicted molar refractivity (Wildman–Crippen MR) is 85.6 cm³/mol. The van der Waals surface area contributed by atoms with Gasteiger partial charge in [-0.3, -0.25) is 0 Å². The predicted octanol–water partition coefficient (Wildman–Crippen LogP) is -0.861. The van der Waals surface area contributed by atoms with E-state index in [1.54, 1.807) is 6.21 Å². The number of aliphatic carboxylic acids is 2. The van der Waals surface area contributed by atoms with Gasteiger partial charge in [0.1, 0.15) is 0 Å². The van der Waals surface area contributed by atoms with Crippen molar-refractivity contribution in [1.82, 2.24) is 10.3 Å². The first kappa shape index (κ1) is 21.0. The molecule has 1 aromatic rings. The third kappa shape index (κ3) is 10.7. The van der Waals surface area contributed by atoms with Crippen LogP contribution in [-0.4, -0.2) is 70.8 Å². The number of carbonyl (C=O) groups excluding carboxylic acids is 1. The van der Waals surface area contributed by atoms with Gasteiger partial charge in [-0.1, -0.05) is 30.3 Å². The Hall–Kier alpha value is -2.98. The first-order valence-electron chi connectivity index (χ1n) is 6.82. The number of nitrogens with two attached hydrogens (primary N) is 1. The van der Waals surface area contributed by atoms with Crippen molar-refractivity contribution in [2.45, 2.75) is 0 Å². The van der Waals surface area contributed by atoms with Crippen molar-refractivity contribution in [1.29, 1.82) is 0 Å². The smallest absolute Gasteiger partial charge is 0.414 e. The minimum Gasteiger partial charge on any atom is -0.473 e. The fourth-order valence-corrected chi connectivity index (χ4v) is 1.29. The highest BCUT2D eigenvalue weighted by Gasteiger charge is 2.06. The van der Waals surface area contributed by atoms with Crippen molar-refractivity contribution in [3.63, 3.8) is 0 Å². The fourth-order valence-electron chi connectivity index (χ4n) is 1.29. The second-order valence-electron chi connectivity index (χ2n) is 4.20. The molecule has 0 bridgehead atoms. The molecular weight excluding hydrogens is 320 g/mol. The zero-order valence-electron chi connectivity index (χ0n) is 12.8. The van der Waals surface area contributed by atoms with E-state index in [0.29, 0.717) is 19.6 Å². The Bertz CT molecular complexity index is 537. The van der Waals surface area contributed by atoms with E-state index in [4.69, 9.17) is 30.6 Å². The fraction of sp³-hybridized carbons (Fsp3) is 0.286. The molecular formula is C14H20N4O6. The molecule has 0 aliphatic rings. The first-order chi connectivity index (χ1) is 11.4. The maximum Gasteiger partial charge on any atom is 0.414 e. The number of hydrogen-bond acceptors (Lipinski definition) is 6. The number of aliphatic hydroxyl groups is 1. The average Bonchev–Trinajstić information content (AvgIpc) is 2.55. The summed E-state index contributed by atoms with van der Waals surface area (Å²) < 4.78 is 0. The molecule has 10 heteroatoms. The van der Waals surface area contributed by atoms with Gasteiger partial charge in [0.25, 0.3) is 0 Å². The van der Waals surface area contributed by atoms with Crippen molar-refractivity contribution >= 4 is 24.2 Å². The van der Waals surface area contributed by atoms with Crippen LogP contribution in [0.5, 0.6) is 0 Å². The number of amides is 2. The third-order valence-electron chi connectivity index (χ3n) is 2.37. The van der Waals surface area contributed by atoms with Gasteiger partial charge in [0, 0.05) is 13.1 Å². The van der Waals surface area contributed by atoms with Gasteiger partial charge in [0.15, 0.2) is 0 Å². The molecule has 0 saturated heterocycles. The SMILES string of the molecule is NC(=O)N(CCNCCO)/N=C\c1ccccc1.O=C(O)C(=O)O. The summed E-state index contributed by atoms with van der Waals surface area (Å²) in [7, 11) is 0. The molecule has 0 unspecified atom stereocenters. The second-order valence-corrected chi connectivity index (χ2v) is 4.20. The van der Waals surface area contributed by atoms with Crippen LogP contribution in [-0.2, 0) is 9.59 Å². The van der Waals surface area contributed by atoms with Gasteiger partial charge in [-0.2, -0.15) is 5.10 Å². The standard InChI is InChI=1S/C12H18N4O2.C2H2O4/c13-12(18)16(8-6-14-7-9-17)15-10-11-4-2-1-3-5-11;3-1(4)2(5)6/h1-5,10,14,17H,6-9H2,(H2,13,18);(H,3,4)(H,5,6)/b15-10-;. The number of benzene rings is 1. The van der Waals surface area contributed by atoms with Crippen molar-refractivity contribution < 1.29 is 29.7 Å². The van der Waals surface area contributed by atoms with Crippen molar-refractivity contribution in [3.05, 3.63) is 35.9 Å². The van der Waals surface area contributed by atoms with E-state index in [-0.39, 0.29) is 6.61 Å². The number of urea groups is 1. The van der Waals surface area contributed by atoms with Gasteiger partial charge in [-0.25, -0.2) is 19.4 Å². The number of hydrogen-bond donors (Lipinski definition) is 5. The summed E-state index contributed by atoms with van der Waals surface area (Å²) in [6, 6.07) is 8.84. The highest BCUT2D eigenvalue weighted by atomic mass is 16.4. The van der Waals surface area contributed by atoms with E-state index in [9.17, 15) is 4.79 Å². The Balaban J connectivity index is 0.000000754. The maximum atomic E-state index is 11.1. The van der Waals surface area contributed by atoms with E-state index in [1.165, 1.54) is 5.01 Å². The summed E-state index contributed by atoms with van der Waals surface area (Å²) in [4.78, 5) is 29.3. The summed E-state index contributed by atoms with van der Waals surface area (Å²) in [6.07, 6.45) is 1.58. The number of nitrogens with one attached hydrogen (secondary N) is 1. The van der Waals surface area contributed by atoms with Crippen LogP contribution in [0.1, 0.15) is 5.56 Å². The number of carboxylic acids is 2. The minimum absolute atomic E-state index is 0.0594. The summed E-state index contributed by atoms with van der Waals surface area (Å²) >= 11 is 0. The minimum atomic E-state index is -1.82. The quantitative estimate of drug-likeness (QED) is 0.186. The summed E-state index contributed by atoms with van der Waals surface area (Å²) in [6.45, 7) is 1.42. The highest BCUT2D eigenvalue weighted by molar-refractivity contribution is 6.27. The van der Waals surface area contributed by atoms with Crippen LogP contribution in [0, 0.1) is 0 Å². The van der Waals surface area contributed by atoms with Crippen molar-refractivity contribution in [2.24, 2.45) is 10.8 Å². The Labute approximate surface area is 138 Å². The van der Waals surface area contributed by atoms with Gasteiger partial charge in [-0.05, 0) is 5.56 Å². The van der Waals surface area contributed by atoms with E-state index >= 15 is 0 Å². The molecule has 0 aromatic heterocycles. The van der Waals surface area contributed by atoms with Crippen LogP contribution >= 0.6 is 0 Å². The van der Waals surface area contributed by atoms with Crippen LogP contribution in [0.25, 0.3) is 0 Å².